The third-order valence-electron chi connectivity index (χ3n) is 8.27. The minimum absolute atomic E-state index is 0.0296. The maximum absolute atomic E-state index is 9.24. The van der Waals surface area contributed by atoms with Gasteiger partial charge in [0, 0.05) is 20.2 Å². The van der Waals surface area contributed by atoms with Gasteiger partial charge in [-0.1, -0.05) is 121 Å². The average Bonchev–Trinajstić information content (AvgIpc) is 3.45. The Balaban J connectivity index is 1.28. The zero-order valence-electron chi connectivity index (χ0n) is 26.0. The maximum Gasteiger partial charge on any atom is 0.0629 e. The van der Waals surface area contributed by atoms with E-state index < -0.39 is 0 Å². The van der Waals surface area contributed by atoms with Gasteiger partial charge in [0.15, 0.2) is 0 Å². The second-order valence-corrected chi connectivity index (χ2v) is 11.7. The Hall–Kier alpha value is -4.98. The van der Waals surface area contributed by atoms with E-state index in [2.05, 4.69) is 66.7 Å². The van der Waals surface area contributed by atoms with E-state index >= 15 is 0 Å². The Morgan fingerprint density at radius 1 is 0.415 bits per heavy atom. The van der Waals surface area contributed by atoms with E-state index in [9.17, 15) is 5.48 Å². The van der Waals surface area contributed by atoms with Crippen LogP contribution < -0.4 is 0 Å². The first-order chi connectivity index (χ1) is 22.0. The molecule has 0 fully saturated rings. The van der Waals surface area contributed by atoms with Crippen molar-refractivity contribution in [1.29, 1.82) is 0 Å². The van der Waals surface area contributed by atoms with Crippen LogP contribution in [0.3, 0.4) is 0 Å². The van der Waals surface area contributed by atoms with E-state index in [0.717, 1.165) is 47.8 Å². The van der Waals surface area contributed by atoms with Crippen molar-refractivity contribution in [2.75, 3.05) is 0 Å². The van der Waals surface area contributed by atoms with Crippen LogP contribution in [0.15, 0.2) is 145 Å². The van der Waals surface area contributed by atoms with Gasteiger partial charge in [-0.05, 0) is 89.6 Å². The van der Waals surface area contributed by atoms with Crippen LogP contribution in [0.4, 0.5) is 0 Å². The van der Waals surface area contributed by atoms with Crippen LogP contribution >= 0.6 is 11.3 Å². The van der Waals surface area contributed by atoms with Crippen molar-refractivity contribution in [2.45, 2.75) is 0 Å². The minimum atomic E-state index is -0.0300. The first-order valence-corrected chi connectivity index (χ1v) is 14.6. The first-order valence-electron chi connectivity index (χ1n) is 15.8. The predicted octanol–water partition coefficient (Wildman–Crippen LogP) is 12.0. The van der Waals surface area contributed by atoms with E-state index in [-0.39, 0.29) is 24.2 Å². The van der Waals surface area contributed by atoms with Gasteiger partial charge in [0.25, 0.3) is 0 Å². The van der Waals surface area contributed by atoms with Gasteiger partial charge in [-0.15, -0.1) is 11.3 Å². The topological polar surface area (TPSA) is 0 Å². The molecular formula is C40H24S. The van der Waals surface area contributed by atoms with Gasteiger partial charge in [-0.2, -0.15) is 0 Å². The van der Waals surface area contributed by atoms with Crippen LogP contribution in [0.25, 0.3) is 85.5 Å². The molecule has 9 aromatic rings. The third-order valence-corrected chi connectivity index (χ3v) is 9.49. The van der Waals surface area contributed by atoms with Gasteiger partial charge in [-0.3, -0.25) is 0 Å². The minimum Gasteiger partial charge on any atom is -0.135 e. The van der Waals surface area contributed by atoms with E-state index in [1.54, 1.807) is 11.3 Å². The molecule has 9 rings (SSSR count). The molecule has 8 aromatic carbocycles. The largest absolute Gasteiger partial charge is 0.135 e. The quantitative estimate of drug-likeness (QED) is 0.151. The van der Waals surface area contributed by atoms with Crippen molar-refractivity contribution in [3.63, 3.8) is 0 Å². The molecule has 0 saturated heterocycles. The second-order valence-electron chi connectivity index (χ2n) is 10.6. The smallest absolute Gasteiger partial charge is 0.0629 e. The lowest BCUT2D eigenvalue weighted by Crippen LogP contribution is -1.85. The lowest BCUT2D eigenvalue weighted by Gasteiger charge is -2.12. The summed E-state index contributed by atoms with van der Waals surface area (Å²) in [7, 11) is 0. The molecule has 0 spiro atoms. The normalized spacial score (nSPS) is 13.3. The molecule has 1 heteroatoms. The Labute approximate surface area is 247 Å². The highest BCUT2D eigenvalue weighted by Crippen LogP contribution is 2.41. The molecule has 0 nitrogen and oxygen atoms in total. The number of thiophene rings is 1. The van der Waals surface area contributed by atoms with Gasteiger partial charge < -0.3 is 0 Å². The molecule has 0 atom stereocenters. The fraction of sp³-hybridized carbons (Fsp3) is 0. The lowest BCUT2D eigenvalue weighted by atomic mass is 9.91. The average molecular weight is 541 g/mol. The van der Waals surface area contributed by atoms with Gasteiger partial charge in [0.2, 0.25) is 0 Å². The van der Waals surface area contributed by atoms with Crippen molar-refractivity contribution in [2.24, 2.45) is 0 Å². The summed E-state index contributed by atoms with van der Waals surface area (Å²) in [4.78, 5) is 0. The molecule has 1 heterocycles. The highest BCUT2D eigenvalue weighted by Gasteiger charge is 2.12. The Bertz CT molecular complexity index is 2680. The SMILES string of the molecule is [2H]c1c([2H])c(-c2cccc3ccc4cc5ccccc5cc4c23)c([2H])c([2H])c1-c1ccc2sc3c4ccccc4ccc3c2c1. The standard InChI is InChI=1S/C40H24S/c1-2-8-30-23-36-32(22-29(30)7-1)17-16-28-9-5-11-33(39(28)36)27-14-12-25(13-15-27)31-19-21-38-37(24-31)35-20-18-26-6-3-4-10-34(26)40(35)41-38/h1-24H/i12D,13D,14D,15D. The lowest BCUT2D eigenvalue weighted by molar-refractivity contribution is 1.63. The highest BCUT2D eigenvalue weighted by molar-refractivity contribution is 7.26. The summed E-state index contributed by atoms with van der Waals surface area (Å²) in [6.45, 7) is 0. The van der Waals surface area contributed by atoms with Gasteiger partial charge in [-0.25, -0.2) is 0 Å². The predicted molar refractivity (Wildman–Crippen MR) is 180 cm³/mol. The van der Waals surface area contributed by atoms with Gasteiger partial charge >= 0.3 is 0 Å². The fourth-order valence-corrected chi connectivity index (χ4v) is 7.48. The molecule has 0 N–H and O–H groups in total. The van der Waals surface area contributed by atoms with E-state index in [1.165, 1.54) is 15.5 Å². The van der Waals surface area contributed by atoms with Crippen molar-refractivity contribution >= 4 is 74.6 Å². The summed E-state index contributed by atoms with van der Waals surface area (Å²) in [6, 6.07) is 41.2. The zero-order chi connectivity index (χ0) is 30.4. The molecule has 0 bridgehead atoms. The Kier molecular flexibility index (Phi) is 4.09. The van der Waals surface area contributed by atoms with Crippen LogP contribution in [-0.2, 0) is 0 Å². The van der Waals surface area contributed by atoms with Crippen LogP contribution in [0.1, 0.15) is 5.48 Å². The van der Waals surface area contributed by atoms with Crippen molar-refractivity contribution < 1.29 is 5.48 Å². The van der Waals surface area contributed by atoms with Crippen molar-refractivity contribution in [3.8, 4) is 22.3 Å². The molecule has 0 radical (unpaired) electrons. The summed E-state index contributed by atoms with van der Waals surface area (Å²) < 4.78 is 39.2. The fourth-order valence-electron chi connectivity index (χ4n) is 6.26. The number of hydrogen-bond donors (Lipinski definition) is 0. The summed E-state index contributed by atoms with van der Waals surface area (Å²) in [5.41, 5.74) is 2.05. The summed E-state index contributed by atoms with van der Waals surface area (Å²) >= 11 is 1.74. The molecule has 0 unspecified atom stereocenters. The third kappa shape index (κ3) is 3.53. The van der Waals surface area contributed by atoms with E-state index in [0.29, 0.717) is 22.3 Å². The Morgan fingerprint density at radius 3 is 2.00 bits per heavy atom. The Morgan fingerprint density at radius 2 is 1.12 bits per heavy atom. The highest BCUT2D eigenvalue weighted by atomic mass is 32.1. The summed E-state index contributed by atoms with van der Waals surface area (Å²) in [5.74, 6) is 0. The second kappa shape index (κ2) is 8.76. The van der Waals surface area contributed by atoms with Crippen molar-refractivity contribution in [1.82, 2.24) is 0 Å². The number of benzene rings is 8. The van der Waals surface area contributed by atoms with Crippen LogP contribution in [-0.4, -0.2) is 0 Å². The zero-order valence-corrected chi connectivity index (χ0v) is 22.8. The number of rotatable bonds is 2. The molecule has 41 heavy (non-hydrogen) atoms. The number of hydrogen-bond acceptors (Lipinski definition) is 1. The monoisotopic (exact) mass is 540 g/mol. The van der Waals surface area contributed by atoms with Crippen molar-refractivity contribution in [3.05, 3.63) is 145 Å². The van der Waals surface area contributed by atoms with E-state index in [4.69, 9.17) is 0 Å². The van der Waals surface area contributed by atoms with Crippen LogP contribution in [0.2, 0.25) is 0 Å². The van der Waals surface area contributed by atoms with Crippen LogP contribution in [0.5, 0.6) is 0 Å². The van der Waals surface area contributed by atoms with E-state index in [1.807, 2.05) is 54.6 Å². The maximum atomic E-state index is 9.24. The molecular weight excluding hydrogens is 513 g/mol. The summed E-state index contributed by atoms with van der Waals surface area (Å²) in [6.07, 6.45) is 0. The molecule has 0 saturated carbocycles. The molecule has 190 valence electrons. The van der Waals surface area contributed by atoms with Crippen LogP contribution in [0, 0.1) is 0 Å². The molecule has 0 amide bonds. The summed E-state index contributed by atoms with van der Waals surface area (Å²) in [5, 5.41) is 10.9. The van der Waals surface area contributed by atoms with Gasteiger partial charge in [0.05, 0.1) is 5.48 Å². The molecule has 1 aromatic heterocycles. The molecule has 0 aliphatic heterocycles. The first kappa shape index (κ1) is 19.2. The molecule has 0 aliphatic carbocycles. The molecule has 0 aliphatic rings. The van der Waals surface area contributed by atoms with Gasteiger partial charge in [0.1, 0.15) is 0 Å². The number of fused-ring (bicyclic) bond motifs is 9.